The van der Waals surface area contributed by atoms with Crippen LogP contribution in [0.3, 0.4) is 0 Å². The Morgan fingerprint density at radius 1 is 1.50 bits per heavy atom. The maximum atomic E-state index is 10.1. The normalized spacial score (nSPS) is 7.70. The molecule has 56 valence electrons. The van der Waals surface area contributed by atoms with Gasteiger partial charge in [-0.1, -0.05) is 0 Å². The van der Waals surface area contributed by atoms with Gasteiger partial charge >= 0.3 is 35.2 Å². The Kier molecular flexibility index (Phi) is 8.38. The zero-order valence-corrected chi connectivity index (χ0v) is 4.79. The molecule has 0 amide bonds. The molecular weight excluding hydrogens is 152 g/mol. The number of rotatable bonds is 2. The minimum absolute atomic E-state index is 0. The van der Waals surface area contributed by atoms with Crippen LogP contribution in [-0.4, -0.2) is 54.0 Å². The first-order valence-corrected chi connectivity index (χ1v) is 2.09. The molecule has 6 heteroatoms. The van der Waals surface area contributed by atoms with Gasteiger partial charge in [-0.3, -0.25) is 0 Å². The number of ether oxygens (including phenoxy) is 2. The van der Waals surface area contributed by atoms with Crippen molar-refractivity contribution in [3.8, 4) is 0 Å². The Balaban J connectivity index is 0. The fourth-order valence-electron chi connectivity index (χ4n) is 0.245. The monoisotopic (exact) mass is 160 g/mol. The summed E-state index contributed by atoms with van der Waals surface area (Å²) in [4.78, 5) is 19.7. The molecule has 0 bridgehead atoms. The van der Waals surface area contributed by atoms with Crippen LogP contribution in [0.1, 0.15) is 0 Å². The van der Waals surface area contributed by atoms with Crippen molar-refractivity contribution in [3.63, 3.8) is 0 Å². The van der Waals surface area contributed by atoms with Crippen LogP contribution in [0, 0.1) is 0 Å². The lowest BCUT2D eigenvalue weighted by molar-refractivity contribution is -0.143. The van der Waals surface area contributed by atoms with E-state index in [0.29, 0.717) is 0 Å². The molecule has 0 radical (unpaired) electrons. The van der Waals surface area contributed by atoms with Crippen LogP contribution in [0.15, 0.2) is 0 Å². The van der Waals surface area contributed by atoms with E-state index in [9.17, 15) is 9.59 Å². The van der Waals surface area contributed by atoms with E-state index in [1.54, 1.807) is 0 Å². The van der Waals surface area contributed by atoms with E-state index < -0.39 is 12.1 Å². The summed E-state index contributed by atoms with van der Waals surface area (Å²) in [7, 11) is 1.27. The molecule has 0 aromatic heterocycles. The van der Waals surface area contributed by atoms with Crippen molar-refractivity contribution in [1.29, 1.82) is 0 Å². The Morgan fingerprint density at radius 2 is 2.00 bits per heavy atom. The maximum absolute atomic E-state index is 10.1. The third-order valence-electron chi connectivity index (χ3n) is 0.463. The van der Waals surface area contributed by atoms with Gasteiger partial charge in [0, 0.05) is 7.11 Å². The fraction of sp³-hybridized carbons (Fsp3) is 0.500. The first kappa shape index (κ1) is 12.4. The molecule has 0 aromatic carbocycles. The zero-order valence-electron chi connectivity index (χ0n) is 4.79. The lowest BCUT2D eigenvalue weighted by Crippen LogP contribution is -2.14. The second-order valence-electron chi connectivity index (χ2n) is 1.17. The average molecular weight is 160 g/mol. The number of carboxylic acid groups (broad SMARTS) is 1. The molecule has 0 aliphatic carbocycles. The molecule has 0 aliphatic rings. The van der Waals surface area contributed by atoms with Crippen LogP contribution in [0.25, 0.3) is 0 Å². The Bertz CT molecular complexity index is 123. The van der Waals surface area contributed by atoms with Crippen molar-refractivity contribution in [2.24, 2.45) is 0 Å². The molecule has 1 N–H and O–H groups in total. The molecule has 0 aromatic rings. The van der Waals surface area contributed by atoms with E-state index in [-0.39, 0.29) is 29.7 Å². The average Bonchev–Trinajstić information content (AvgIpc) is 1.63. The summed E-state index contributed by atoms with van der Waals surface area (Å²) < 4.78 is 7.91. The smallest absolute Gasteiger partial charge is 0.449 e. The summed E-state index contributed by atoms with van der Waals surface area (Å²) in [6, 6.07) is 0. The second kappa shape index (κ2) is 6.78. The van der Waals surface area contributed by atoms with Gasteiger partial charge in [-0.2, -0.15) is 0 Å². The lowest BCUT2D eigenvalue weighted by Gasteiger charge is -1.94. The molecule has 0 saturated carbocycles. The molecule has 0 saturated heterocycles. The summed E-state index contributed by atoms with van der Waals surface area (Å²) in [5.74, 6) is -0.912. The van der Waals surface area contributed by atoms with Gasteiger partial charge in [0.05, 0.1) is 0 Å². The number of methoxy groups -OCH3 is 1. The Labute approximate surface area is 73.4 Å². The van der Waals surface area contributed by atoms with Crippen molar-refractivity contribution in [2.45, 2.75) is 0 Å². The third-order valence-corrected chi connectivity index (χ3v) is 0.463. The van der Waals surface area contributed by atoms with Crippen molar-refractivity contribution in [2.75, 3.05) is 13.7 Å². The number of esters is 1. The quantitative estimate of drug-likeness (QED) is 0.317. The number of carbonyl (C=O) groups excluding carboxylic acids is 1. The van der Waals surface area contributed by atoms with E-state index in [1.807, 2.05) is 0 Å². The molecule has 0 spiro atoms. The molecule has 0 rings (SSSR count). The first-order valence-electron chi connectivity index (χ1n) is 2.09. The highest BCUT2D eigenvalue weighted by atomic mass is 24.3. The van der Waals surface area contributed by atoms with Crippen LogP contribution >= 0.6 is 0 Å². The molecule has 0 unspecified atom stereocenters. The van der Waals surface area contributed by atoms with Crippen molar-refractivity contribution in [3.05, 3.63) is 0 Å². The Morgan fingerprint density at radius 3 is 2.30 bits per heavy atom. The predicted molar refractivity (Wildman–Crippen MR) is 34.5 cm³/mol. The van der Waals surface area contributed by atoms with Gasteiger partial charge in [0.15, 0.2) is 0 Å². The molecule has 0 atom stereocenters. The Hall–Kier alpha value is -0.334. The summed E-state index contributed by atoms with van der Waals surface area (Å²) in [5.41, 5.74) is 0. The van der Waals surface area contributed by atoms with E-state index in [2.05, 4.69) is 9.47 Å². The van der Waals surface area contributed by atoms with Crippen LogP contribution in [0.2, 0.25) is 0 Å². The van der Waals surface area contributed by atoms with Crippen LogP contribution in [0.4, 0.5) is 4.79 Å². The summed E-state index contributed by atoms with van der Waals surface area (Å²) in [5, 5.41) is 7.81. The zero-order chi connectivity index (χ0) is 7.28. The van der Waals surface area contributed by atoms with Crippen molar-refractivity contribution < 1.29 is 24.2 Å². The summed E-state index contributed by atoms with van der Waals surface area (Å²) in [6.45, 7) is -0.341. The van der Waals surface area contributed by atoms with Gasteiger partial charge < -0.3 is 14.6 Å². The van der Waals surface area contributed by atoms with Crippen LogP contribution in [0.5, 0.6) is 0 Å². The standard InChI is InChI=1S/C4H6O5.Mg.2H/c1-8-2-3(5)9-4(6)7;;;/h2H2,1H3,(H,6,7);;;. The van der Waals surface area contributed by atoms with E-state index in [1.165, 1.54) is 7.11 Å². The van der Waals surface area contributed by atoms with Gasteiger partial charge in [-0.15, -0.1) is 0 Å². The summed E-state index contributed by atoms with van der Waals surface area (Å²) >= 11 is 0. The maximum Gasteiger partial charge on any atom is 0.513 e. The largest absolute Gasteiger partial charge is 0.513 e. The third kappa shape index (κ3) is 7.67. The molecule has 10 heavy (non-hydrogen) atoms. The minimum Gasteiger partial charge on any atom is -0.449 e. The van der Waals surface area contributed by atoms with Gasteiger partial charge in [-0.25, -0.2) is 9.59 Å². The SMILES string of the molecule is COCC(=O)OC(=O)O.[MgH2]. The van der Waals surface area contributed by atoms with Crippen LogP contribution in [-0.2, 0) is 14.3 Å². The number of carbonyl (C=O) groups is 2. The minimum atomic E-state index is -1.61. The van der Waals surface area contributed by atoms with E-state index in [4.69, 9.17) is 5.11 Å². The molecular formula is C4H8MgO5. The molecule has 5 nitrogen and oxygen atoms in total. The predicted octanol–water partition coefficient (Wildman–Crippen LogP) is -1.06. The van der Waals surface area contributed by atoms with E-state index in [0.717, 1.165) is 0 Å². The van der Waals surface area contributed by atoms with Gasteiger partial charge in [0.1, 0.15) is 6.61 Å². The molecule has 0 aliphatic heterocycles. The second-order valence-corrected chi connectivity index (χ2v) is 1.17. The molecule has 0 fully saturated rings. The number of hydrogen-bond donors (Lipinski definition) is 1. The topological polar surface area (TPSA) is 72.8 Å². The van der Waals surface area contributed by atoms with Gasteiger partial charge in [0.2, 0.25) is 0 Å². The highest BCUT2D eigenvalue weighted by molar-refractivity contribution is 5.81. The van der Waals surface area contributed by atoms with Gasteiger partial charge in [-0.05, 0) is 0 Å². The van der Waals surface area contributed by atoms with Crippen molar-refractivity contribution in [1.82, 2.24) is 0 Å². The lowest BCUT2D eigenvalue weighted by atomic mass is 10.7. The fourth-order valence-corrected chi connectivity index (χ4v) is 0.245. The highest BCUT2D eigenvalue weighted by Gasteiger charge is 2.05. The van der Waals surface area contributed by atoms with Crippen LogP contribution < -0.4 is 0 Å². The summed E-state index contributed by atoms with van der Waals surface area (Å²) in [6.07, 6.45) is -1.61. The first-order chi connectivity index (χ1) is 4.16. The molecule has 0 heterocycles. The van der Waals surface area contributed by atoms with Crippen molar-refractivity contribution >= 4 is 35.2 Å². The van der Waals surface area contributed by atoms with Gasteiger partial charge in [0.25, 0.3) is 0 Å². The highest BCUT2D eigenvalue weighted by Crippen LogP contribution is 1.78. The number of hydrogen-bond acceptors (Lipinski definition) is 4. The van der Waals surface area contributed by atoms with E-state index >= 15 is 0 Å².